The van der Waals surface area contributed by atoms with Gasteiger partial charge in [-0.25, -0.2) is 0 Å². The molecule has 0 bridgehead atoms. The van der Waals surface area contributed by atoms with Gasteiger partial charge in [0.05, 0.1) is 12.2 Å². The number of aromatic nitrogens is 1. The summed E-state index contributed by atoms with van der Waals surface area (Å²) in [5.41, 5.74) is 5.35. The Hall–Kier alpha value is -1.13. The van der Waals surface area contributed by atoms with Gasteiger partial charge in [0.1, 0.15) is 0 Å². The molecule has 90 valence electrons. The minimum Gasteiger partial charge on any atom is -0.372 e. The topological polar surface area (TPSA) is 57.2 Å². The van der Waals surface area contributed by atoms with E-state index in [-0.39, 0.29) is 11.2 Å². The fourth-order valence-corrected chi connectivity index (χ4v) is 1.34. The van der Waals surface area contributed by atoms with E-state index in [1.807, 2.05) is 19.9 Å². The Balaban J connectivity index is 2.48. The maximum Gasteiger partial charge on any atom is 0.250 e. The van der Waals surface area contributed by atoms with Crippen LogP contribution in [0.4, 0.5) is 0 Å². The lowest BCUT2D eigenvalue weighted by molar-refractivity contribution is -0.0310. The van der Waals surface area contributed by atoms with Gasteiger partial charge in [0, 0.05) is 25.4 Å². The van der Waals surface area contributed by atoms with Crippen molar-refractivity contribution < 1.29 is 4.74 Å². The summed E-state index contributed by atoms with van der Waals surface area (Å²) in [6, 6.07) is 5.11. The van der Waals surface area contributed by atoms with Crippen LogP contribution in [0.2, 0.25) is 0 Å². The summed E-state index contributed by atoms with van der Waals surface area (Å²) >= 11 is 0. The molecular weight excluding hydrogens is 204 g/mol. The van der Waals surface area contributed by atoms with Crippen LogP contribution < -0.4 is 11.3 Å². The van der Waals surface area contributed by atoms with Crippen LogP contribution in [0, 0.1) is 0 Å². The van der Waals surface area contributed by atoms with Crippen LogP contribution in [-0.4, -0.2) is 23.3 Å². The number of hydrogen-bond acceptors (Lipinski definition) is 3. The Morgan fingerprint density at radius 1 is 1.50 bits per heavy atom. The molecule has 1 atom stereocenters. The molecule has 0 aliphatic rings. The lowest BCUT2D eigenvalue weighted by atomic mass is 10.0. The number of nitrogens with zero attached hydrogens (tertiary/aromatic N) is 1. The van der Waals surface area contributed by atoms with E-state index < -0.39 is 0 Å². The van der Waals surface area contributed by atoms with Gasteiger partial charge < -0.3 is 15.0 Å². The van der Waals surface area contributed by atoms with Crippen molar-refractivity contribution >= 4 is 0 Å². The predicted molar refractivity (Wildman–Crippen MR) is 64.4 cm³/mol. The van der Waals surface area contributed by atoms with Crippen molar-refractivity contribution in [2.24, 2.45) is 5.73 Å². The Labute approximate surface area is 96.0 Å². The molecule has 1 heterocycles. The normalized spacial score (nSPS) is 14.7. The maximum atomic E-state index is 11.4. The third kappa shape index (κ3) is 3.47. The molecular formula is C12H20N2O2. The fourth-order valence-electron chi connectivity index (χ4n) is 1.34. The van der Waals surface area contributed by atoms with Crippen molar-refractivity contribution in [2.45, 2.75) is 32.4 Å². The Morgan fingerprint density at radius 2 is 2.25 bits per heavy atom. The average molecular weight is 224 g/mol. The molecule has 0 aliphatic heterocycles. The third-order valence-electron chi connectivity index (χ3n) is 2.86. The average Bonchev–Trinajstić information content (AvgIpc) is 2.31. The second-order valence-corrected chi connectivity index (χ2v) is 4.09. The molecule has 4 nitrogen and oxygen atoms in total. The number of rotatable bonds is 6. The molecule has 0 saturated heterocycles. The predicted octanol–water partition coefficient (Wildman–Crippen LogP) is 0.992. The van der Waals surface area contributed by atoms with Crippen LogP contribution in [0.5, 0.6) is 0 Å². The number of nitrogens with two attached hydrogens (primary N) is 1. The zero-order chi connectivity index (χ0) is 12.0. The van der Waals surface area contributed by atoms with Crippen molar-refractivity contribution in [1.29, 1.82) is 0 Å². The number of hydrogen-bond donors (Lipinski definition) is 1. The molecule has 0 spiro atoms. The van der Waals surface area contributed by atoms with E-state index in [0.717, 1.165) is 6.42 Å². The minimum absolute atomic E-state index is 0.00273. The Morgan fingerprint density at radius 3 is 2.81 bits per heavy atom. The summed E-state index contributed by atoms with van der Waals surface area (Å²) < 4.78 is 7.33. The maximum absolute atomic E-state index is 11.4. The lowest BCUT2D eigenvalue weighted by Crippen LogP contribution is -2.38. The quantitative estimate of drug-likeness (QED) is 0.784. The molecule has 0 amide bonds. The van der Waals surface area contributed by atoms with Crippen molar-refractivity contribution in [1.82, 2.24) is 4.57 Å². The summed E-state index contributed by atoms with van der Waals surface area (Å²) in [4.78, 5) is 11.4. The SMILES string of the molecule is CCC(C)(CN)OCCn1ccccc1=O. The van der Waals surface area contributed by atoms with Crippen LogP contribution >= 0.6 is 0 Å². The molecule has 0 fully saturated rings. The Kier molecular flexibility index (Phi) is 4.71. The molecule has 0 aliphatic carbocycles. The van der Waals surface area contributed by atoms with E-state index in [4.69, 9.17) is 10.5 Å². The summed E-state index contributed by atoms with van der Waals surface area (Å²) in [7, 11) is 0. The van der Waals surface area contributed by atoms with E-state index in [0.29, 0.717) is 19.7 Å². The highest BCUT2D eigenvalue weighted by Crippen LogP contribution is 2.12. The van der Waals surface area contributed by atoms with Crippen molar-refractivity contribution in [3.63, 3.8) is 0 Å². The largest absolute Gasteiger partial charge is 0.372 e. The first-order chi connectivity index (χ1) is 7.61. The van der Waals surface area contributed by atoms with Gasteiger partial charge in [0.25, 0.3) is 5.56 Å². The second-order valence-electron chi connectivity index (χ2n) is 4.09. The molecule has 0 saturated carbocycles. The van der Waals surface area contributed by atoms with Gasteiger partial charge in [0.2, 0.25) is 0 Å². The van der Waals surface area contributed by atoms with Crippen LogP contribution in [0.1, 0.15) is 20.3 Å². The zero-order valence-corrected chi connectivity index (χ0v) is 9.98. The first-order valence-electron chi connectivity index (χ1n) is 5.61. The fraction of sp³-hybridized carbons (Fsp3) is 0.583. The van der Waals surface area contributed by atoms with E-state index >= 15 is 0 Å². The van der Waals surface area contributed by atoms with E-state index in [2.05, 4.69) is 0 Å². The summed E-state index contributed by atoms with van der Waals surface area (Å²) in [5.74, 6) is 0. The Bertz CT molecular complexity index is 369. The molecule has 1 rings (SSSR count). The van der Waals surface area contributed by atoms with Crippen LogP contribution in [0.15, 0.2) is 29.2 Å². The van der Waals surface area contributed by atoms with E-state index in [1.165, 1.54) is 0 Å². The van der Waals surface area contributed by atoms with Gasteiger partial charge in [-0.15, -0.1) is 0 Å². The highest BCUT2D eigenvalue weighted by Gasteiger charge is 2.19. The number of pyridine rings is 1. The highest BCUT2D eigenvalue weighted by molar-refractivity contribution is 4.93. The first kappa shape index (κ1) is 12.9. The number of ether oxygens (including phenoxy) is 1. The minimum atomic E-state index is -0.279. The molecule has 0 aromatic carbocycles. The van der Waals surface area contributed by atoms with E-state index in [1.54, 1.807) is 22.9 Å². The van der Waals surface area contributed by atoms with Gasteiger partial charge in [0.15, 0.2) is 0 Å². The molecule has 0 radical (unpaired) electrons. The van der Waals surface area contributed by atoms with Crippen LogP contribution in [0.25, 0.3) is 0 Å². The van der Waals surface area contributed by atoms with Gasteiger partial charge >= 0.3 is 0 Å². The summed E-state index contributed by atoms with van der Waals surface area (Å²) in [6.45, 7) is 5.59. The highest BCUT2D eigenvalue weighted by atomic mass is 16.5. The zero-order valence-electron chi connectivity index (χ0n) is 9.98. The summed E-state index contributed by atoms with van der Waals surface area (Å²) in [6.07, 6.45) is 2.63. The van der Waals surface area contributed by atoms with Crippen LogP contribution in [0.3, 0.4) is 0 Å². The monoisotopic (exact) mass is 224 g/mol. The third-order valence-corrected chi connectivity index (χ3v) is 2.86. The molecule has 2 N–H and O–H groups in total. The van der Waals surface area contributed by atoms with Gasteiger partial charge in [-0.05, 0) is 19.4 Å². The summed E-state index contributed by atoms with van der Waals surface area (Å²) in [5, 5.41) is 0. The van der Waals surface area contributed by atoms with Gasteiger partial charge in [-0.3, -0.25) is 4.79 Å². The standard InChI is InChI=1S/C12H20N2O2/c1-3-12(2,10-13)16-9-8-14-7-5-4-6-11(14)15/h4-7H,3,8-10,13H2,1-2H3. The molecule has 4 heteroatoms. The van der Waals surface area contributed by atoms with Crippen molar-refractivity contribution in [3.8, 4) is 0 Å². The van der Waals surface area contributed by atoms with Crippen LogP contribution in [-0.2, 0) is 11.3 Å². The first-order valence-corrected chi connectivity index (χ1v) is 5.61. The van der Waals surface area contributed by atoms with Gasteiger partial charge in [-0.2, -0.15) is 0 Å². The lowest BCUT2D eigenvalue weighted by Gasteiger charge is -2.27. The molecule has 1 aromatic heterocycles. The molecule has 1 aromatic rings. The second kappa shape index (κ2) is 5.82. The van der Waals surface area contributed by atoms with Crippen molar-refractivity contribution in [3.05, 3.63) is 34.7 Å². The molecule has 1 unspecified atom stereocenters. The smallest absolute Gasteiger partial charge is 0.250 e. The van der Waals surface area contributed by atoms with Gasteiger partial charge in [-0.1, -0.05) is 13.0 Å². The van der Waals surface area contributed by atoms with E-state index in [9.17, 15) is 4.79 Å². The molecule has 16 heavy (non-hydrogen) atoms. The van der Waals surface area contributed by atoms with Crippen molar-refractivity contribution in [2.75, 3.05) is 13.2 Å².